The standard InChI is InChI=1S/C17H18N4O/c22-17(14-5-8-18-15-4-2-1-3-13(14)15)20-19-16-11-21-9-6-12(16)7-10-21/h1-5,8,12H,6-7,9-11H2,(H,20,22)/b19-16-. The van der Waals surface area contributed by atoms with Gasteiger partial charge in [-0.25, -0.2) is 5.43 Å². The summed E-state index contributed by atoms with van der Waals surface area (Å²) in [6.45, 7) is 3.21. The maximum atomic E-state index is 12.4. The van der Waals surface area contributed by atoms with Gasteiger partial charge in [0.1, 0.15) is 0 Å². The third-order valence-electron chi connectivity index (χ3n) is 4.64. The Kier molecular flexibility index (Phi) is 3.35. The van der Waals surface area contributed by atoms with Crippen molar-refractivity contribution in [2.75, 3.05) is 19.6 Å². The number of pyridine rings is 1. The van der Waals surface area contributed by atoms with Crippen LogP contribution < -0.4 is 5.43 Å². The topological polar surface area (TPSA) is 57.6 Å². The van der Waals surface area contributed by atoms with Crippen LogP contribution in [-0.2, 0) is 0 Å². The van der Waals surface area contributed by atoms with E-state index < -0.39 is 0 Å². The zero-order chi connectivity index (χ0) is 14.9. The Labute approximate surface area is 129 Å². The van der Waals surface area contributed by atoms with Crippen LogP contribution in [0.2, 0.25) is 0 Å². The lowest BCUT2D eigenvalue weighted by Crippen LogP contribution is -2.48. The predicted octanol–water partition coefficient (Wildman–Crippen LogP) is 2.05. The number of nitrogens with zero attached hydrogens (tertiary/aromatic N) is 3. The molecule has 3 saturated heterocycles. The Hall–Kier alpha value is -2.27. The molecule has 2 bridgehead atoms. The highest BCUT2D eigenvalue weighted by molar-refractivity contribution is 6.06. The van der Waals surface area contributed by atoms with Crippen molar-refractivity contribution in [2.45, 2.75) is 12.8 Å². The molecule has 5 heteroatoms. The first kappa shape index (κ1) is 13.4. The molecule has 3 fully saturated rings. The zero-order valence-corrected chi connectivity index (χ0v) is 12.3. The number of amides is 1. The van der Waals surface area contributed by atoms with Crippen LogP contribution >= 0.6 is 0 Å². The maximum absolute atomic E-state index is 12.4. The average molecular weight is 294 g/mol. The predicted molar refractivity (Wildman–Crippen MR) is 85.8 cm³/mol. The van der Waals surface area contributed by atoms with Gasteiger partial charge in [-0.1, -0.05) is 18.2 Å². The van der Waals surface area contributed by atoms with E-state index in [1.54, 1.807) is 12.3 Å². The molecule has 1 aromatic carbocycles. The largest absolute Gasteiger partial charge is 0.298 e. The van der Waals surface area contributed by atoms with Gasteiger partial charge in [-0.3, -0.25) is 14.7 Å². The second-order valence-electron chi connectivity index (χ2n) is 5.97. The van der Waals surface area contributed by atoms with Crippen LogP contribution in [0.4, 0.5) is 0 Å². The number of hydrazone groups is 1. The second kappa shape index (κ2) is 5.50. The number of fused-ring (bicyclic) bond motifs is 4. The van der Waals surface area contributed by atoms with Gasteiger partial charge in [-0.2, -0.15) is 5.10 Å². The van der Waals surface area contributed by atoms with Crippen molar-refractivity contribution in [2.24, 2.45) is 11.0 Å². The Bertz CT molecular complexity index is 742. The molecule has 0 radical (unpaired) electrons. The summed E-state index contributed by atoms with van der Waals surface area (Å²) in [5.74, 6) is 0.377. The minimum atomic E-state index is -0.164. The third-order valence-corrected chi connectivity index (χ3v) is 4.64. The number of piperidine rings is 3. The van der Waals surface area contributed by atoms with E-state index in [4.69, 9.17) is 0 Å². The minimum absolute atomic E-state index is 0.164. The fraction of sp³-hybridized carbons (Fsp3) is 0.353. The molecular weight excluding hydrogens is 276 g/mol. The number of carbonyl (C=O) groups excluding carboxylic acids is 1. The molecule has 0 spiro atoms. The van der Waals surface area contributed by atoms with Crippen molar-refractivity contribution >= 4 is 22.5 Å². The summed E-state index contributed by atoms with van der Waals surface area (Å²) in [5.41, 5.74) is 5.30. The monoisotopic (exact) mass is 294 g/mol. The molecule has 1 amide bonds. The molecule has 2 aromatic rings. The van der Waals surface area contributed by atoms with E-state index in [9.17, 15) is 4.79 Å². The average Bonchev–Trinajstić information content (AvgIpc) is 2.60. The van der Waals surface area contributed by atoms with Crippen LogP contribution in [0.15, 0.2) is 41.6 Å². The molecule has 0 saturated carbocycles. The van der Waals surface area contributed by atoms with Gasteiger partial charge in [0.2, 0.25) is 0 Å². The van der Waals surface area contributed by atoms with Gasteiger partial charge in [-0.15, -0.1) is 0 Å². The molecule has 0 atom stereocenters. The summed E-state index contributed by atoms with van der Waals surface area (Å²) in [4.78, 5) is 19.1. The molecule has 112 valence electrons. The van der Waals surface area contributed by atoms with Crippen LogP contribution in [0.25, 0.3) is 10.9 Å². The summed E-state index contributed by atoms with van der Waals surface area (Å²) >= 11 is 0. The first-order valence-corrected chi connectivity index (χ1v) is 7.74. The van der Waals surface area contributed by atoms with Crippen molar-refractivity contribution in [3.63, 3.8) is 0 Å². The first-order chi connectivity index (χ1) is 10.8. The SMILES string of the molecule is O=C(N/N=C1/CN2CCC1CC2)c1ccnc2ccccc12. The Morgan fingerprint density at radius 2 is 2.05 bits per heavy atom. The normalized spacial score (nSPS) is 25.5. The smallest absolute Gasteiger partial charge is 0.272 e. The molecular formula is C17H18N4O. The third kappa shape index (κ3) is 2.37. The number of hydrogen-bond donors (Lipinski definition) is 1. The van der Waals surface area contributed by atoms with Gasteiger partial charge in [0.05, 0.1) is 16.8 Å². The summed E-state index contributed by atoms with van der Waals surface area (Å²) in [5, 5.41) is 5.26. The van der Waals surface area contributed by atoms with Crippen LogP contribution in [0.1, 0.15) is 23.2 Å². The van der Waals surface area contributed by atoms with E-state index in [-0.39, 0.29) is 5.91 Å². The molecule has 0 unspecified atom stereocenters. The Morgan fingerprint density at radius 1 is 1.23 bits per heavy atom. The molecule has 4 heterocycles. The second-order valence-corrected chi connectivity index (χ2v) is 5.97. The fourth-order valence-corrected chi connectivity index (χ4v) is 3.39. The quantitative estimate of drug-likeness (QED) is 0.862. The minimum Gasteiger partial charge on any atom is -0.298 e. The van der Waals surface area contributed by atoms with Crippen LogP contribution in [0, 0.1) is 5.92 Å². The lowest BCUT2D eigenvalue weighted by Gasteiger charge is -2.39. The van der Waals surface area contributed by atoms with Gasteiger partial charge in [0, 0.05) is 24.0 Å². The zero-order valence-electron chi connectivity index (χ0n) is 12.3. The molecule has 3 aliphatic heterocycles. The Balaban J connectivity index is 1.57. The van der Waals surface area contributed by atoms with E-state index in [1.807, 2.05) is 24.3 Å². The van der Waals surface area contributed by atoms with Crippen molar-refractivity contribution < 1.29 is 4.79 Å². The molecule has 0 aliphatic carbocycles. The maximum Gasteiger partial charge on any atom is 0.272 e. The van der Waals surface area contributed by atoms with Crippen molar-refractivity contribution in [3.05, 3.63) is 42.1 Å². The van der Waals surface area contributed by atoms with E-state index in [1.165, 1.54) is 0 Å². The van der Waals surface area contributed by atoms with E-state index in [2.05, 4.69) is 20.4 Å². The van der Waals surface area contributed by atoms with Gasteiger partial charge in [0.25, 0.3) is 5.91 Å². The van der Waals surface area contributed by atoms with Crippen LogP contribution in [0.3, 0.4) is 0 Å². The lowest BCUT2D eigenvalue weighted by molar-refractivity contribution is 0.0955. The first-order valence-electron chi connectivity index (χ1n) is 7.74. The highest BCUT2D eigenvalue weighted by Gasteiger charge is 2.31. The van der Waals surface area contributed by atoms with Crippen LogP contribution in [-0.4, -0.2) is 41.1 Å². The van der Waals surface area contributed by atoms with E-state index >= 15 is 0 Å². The Morgan fingerprint density at radius 3 is 2.82 bits per heavy atom. The summed E-state index contributed by atoms with van der Waals surface area (Å²) in [7, 11) is 0. The van der Waals surface area contributed by atoms with E-state index in [0.29, 0.717) is 11.5 Å². The van der Waals surface area contributed by atoms with Gasteiger partial charge >= 0.3 is 0 Å². The van der Waals surface area contributed by atoms with Gasteiger partial charge < -0.3 is 0 Å². The van der Waals surface area contributed by atoms with Crippen molar-refractivity contribution in [1.29, 1.82) is 0 Å². The molecule has 3 aliphatic rings. The van der Waals surface area contributed by atoms with Gasteiger partial charge in [0.15, 0.2) is 0 Å². The molecule has 5 nitrogen and oxygen atoms in total. The number of carbonyl (C=O) groups is 1. The molecule has 22 heavy (non-hydrogen) atoms. The lowest BCUT2D eigenvalue weighted by atomic mass is 9.87. The van der Waals surface area contributed by atoms with Crippen molar-refractivity contribution in [1.82, 2.24) is 15.3 Å². The van der Waals surface area contributed by atoms with E-state index in [0.717, 1.165) is 49.1 Å². The summed E-state index contributed by atoms with van der Waals surface area (Å²) in [6.07, 6.45) is 3.98. The van der Waals surface area contributed by atoms with Crippen molar-refractivity contribution in [3.8, 4) is 0 Å². The summed E-state index contributed by atoms with van der Waals surface area (Å²) in [6, 6.07) is 9.41. The molecule has 1 aromatic heterocycles. The fourth-order valence-electron chi connectivity index (χ4n) is 3.39. The number of rotatable bonds is 2. The molecule has 1 N–H and O–H groups in total. The number of para-hydroxylation sites is 1. The number of aromatic nitrogens is 1. The summed E-state index contributed by atoms with van der Waals surface area (Å²) < 4.78 is 0. The number of nitrogens with one attached hydrogen (secondary N) is 1. The van der Waals surface area contributed by atoms with Crippen LogP contribution in [0.5, 0.6) is 0 Å². The van der Waals surface area contributed by atoms with Gasteiger partial charge in [-0.05, 0) is 38.1 Å². The number of benzene rings is 1. The highest BCUT2D eigenvalue weighted by Crippen LogP contribution is 2.25. The number of hydrogen-bond acceptors (Lipinski definition) is 4. The molecule has 5 rings (SSSR count). The highest BCUT2D eigenvalue weighted by atomic mass is 16.2.